The van der Waals surface area contributed by atoms with Crippen LogP contribution in [0.5, 0.6) is 0 Å². The van der Waals surface area contributed by atoms with Crippen LogP contribution in [0.4, 0.5) is 10.5 Å². The van der Waals surface area contributed by atoms with Crippen LogP contribution in [0.25, 0.3) is 0 Å². The number of carbonyl (C=O) groups excluding carboxylic acids is 2. The van der Waals surface area contributed by atoms with Gasteiger partial charge >= 0.3 is 6.09 Å². The minimum atomic E-state index is -0.800. The molecule has 2 rings (SSSR count). The molecule has 0 aliphatic carbocycles. The molecule has 1 aromatic carbocycles. The topological polar surface area (TPSA) is 116 Å². The fourth-order valence-corrected chi connectivity index (χ4v) is 2.16. The Labute approximate surface area is 120 Å². The maximum absolute atomic E-state index is 11.8. The average Bonchev–Trinajstić information content (AvgIpc) is 2.98. The molecule has 8 nitrogen and oxygen atoms in total. The van der Waals surface area contributed by atoms with Gasteiger partial charge < -0.3 is 15.4 Å². The predicted octanol–water partition coefficient (Wildman–Crippen LogP) is 1.43. The third-order valence-electron chi connectivity index (χ3n) is 3.29. The molecule has 2 amide bonds. The zero-order valence-corrected chi connectivity index (χ0v) is 11.3. The summed E-state index contributed by atoms with van der Waals surface area (Å²) in [6.07, 6.45) is 1.43. The highest BCUT2D eigenvalue weighted by Crippen LogP contribution is 2.19. The number of non-ortho nitro benzene ring substituents is 1. The van der Waals surface area contributed by atoms with Crippen LogP contribution >= 0.6 is 0 Å². The van der Waals surface area contributed by atoms with E-state index in [4.69, 9.17) is 10.5 Å². The van der Waals surface area contributed by atoms with Gasteiger partial charge in [-0.3, -0.25) is 14.9 Å². The van der Waals surface area contributed by atoms with Gasteiger partial charge in [-0.25, -0.2) is 4.79 Å². The third-order valence-corrected chi connectivity index (χ3v) is 3.29. The summed E-state index contributed by atoms with van der Waals surface area (Å²) >= 11 is 0. The van der Waals surface area contributed by atoms with Crippen LogP contribution in [0, 0.1) is 10.1 Å². The molecule has 1 heterocycles. The molecule has 1 fully saturated rings. The summed E-state index contributed by atoms with van der Waals surface area (Å²) in [7, 11) is 0. The van der Waals surface area contributed by atoms with Crippen molar-refractivity contribution in [1.82, 2.24) is 4.90 Å². The molecule has 0 unspecified atom stereocenters. The summed E-state index contributed by atoms with van der Waals surface area (Å²) in [6, 6.07) is 3.70. The third kappa shape index (κ3) is 3.47. The van der Waals surface area contributed by atoms with E-state index in [1.807, 2.05) is 0 Å². The number of amides is 2. The minimum Gasteiger partial charge on any atom is -0.445 e. The summed E-state index contributed by atoms with van der Waals surface area (Å²) in [4.78, 5) is 34.7. The molecule has 0 spiro atoms. The second-order valence-electron chi connectivity index (χ2n) is 4.71. The van der Waals surface area contributed by atoms with E-state index >= 15 is 0 Å². The van der Waals surface area contributed by atoms with E-state index in [0.717, 1.165) is 18.9 Å². The molecule has 1 saturated heterocycles. The number of nitro benzene ring substituents is 1. The summed E-state index contributed by atoms with van der Waals surface area (Å²) in [5, 5.41) is 10.7. The molecule has 2 N–H and O–H groups in total. The smallest absolute Gasteiger partial charge is 0.410 e. The average molecular weight is 293 g/mol. The quantitative estimate of drug-likeness (QED) is 0.665. The molecule has 0 atom stereocenters. The fraction of sp³-hybridized carbons (Fsp3) is 0.385. The summed E-state index contributed by atoms with van der Waals surface area (Å²) in [5.74, 6) is -0.800. The van der Waals surface area contributed by atoms with Gasteiger partial charge in [0.2, 0.25) is 5.91 Å². The van der Waals surface area contributed by atoms with E-state index < -0.39 is 16.9 Å². The van der Waals surface area contributed by atoms with Crippen LogP contribution in [0.2, 0.25) is 0 Å². The first-order valence-electron chi connectivity index (χ1n) is 6.48. The van der Waals surface area contributed by atoms with Gasteiger partial charge in [-0.15, -0.1) is 0 Å². The SMILES string of the molecule is NC(=O)c1cc([N+](=O)[O-])ccc1COC(=O)N1CCCC1. The van der Waals surface area contributed by atoms with Crippen molar-refractivity contribution in [2.75, 3.05) is 13.1 Å². The van der Waals surface area contributed by atoms with Gasteiger partial charge in [0.15, 0.2) is 0 Å². The lowest BCUT2D eigenvalue weighted by Gasteiger charge is -2.15. The van der Waals surface area contributed by atoms with Crippen LogP contribution in [0.15, 0.2) is 18.2 Å². The Kier molecular flexibility index (Phi) is 4.36. The molecule has 1 aliphatic rings. The zero-order chi connectivity index (χ0) is 15.4. The van der Waals surface area contributed by atoms with Crippen LogP contribution in [0.3, 0.4) is 0 Å². The predicted molar refractivity (Wildman–Crippen MR) is 72.6 cm³/mol. The molecule has 0 saturated carbocycles. The maximum Gasteiger partial charge on any atom is 0.410 e. The second-order valence-corrected chi connectivity index (χ2v) is 4.71. The highest BCUT2D eigenvalue weighted by molar-refractivity contribution is 5.95. The van der Waals surface area contributed by atoms with Crippen molar-refractivity contribution in [3.63, 3.8) is 0 Å². The molecule has 1 aliphatic heterocycles. The normalized spacial score (nSPS) is 14.0. The van der Waals surface area contributed by atoms with Crippen molar-refractivity contribution in [2.24, 2.45) is 5.73 Å². The highest BCUT2D eigenvalue weighted by atomic mass is 16.6. The Balaban J connectivity index is 2.10. The summed E-state index contributed by atoms with van der Waals surface area (Å²) < 4.78 is 5.11. The van der Waals surface area contributed by atoms with Gasteiger partial charge in [0, 0.05) is 30.8 Å². The minimum absolute atomic E-state index is 0.0154. The monoisotopic (exact) mass is 293 g/mol. The van der Waals surface area contributed by atoms with Crippen molar-refractivity contribution in [3.05, 3.63) is 39.4 Å². The van der Waals surface area contributed by atoms with Crippen molar-refractivity contribution in [3.8, 4) is 0 Å². The standard InChI is InChI=1S/C13H15N3O5/c14-12(17)11-7-10(16(19)20)4-3-9(11)8-21-13(18)15-5-1-2-6-15/h3-4,7H,1-2,5-6,8H2,(H2,14,17). The number of hydrogen-bond donors (Lipinski definition) is 1. The molecule has 8 heteroatoms. The zero-order valence-electron chi connectivity index (χ0n) is 11.3. The van der Waals surface area contributed by atoms with E-state index in [2.05, 4.69) is 0 Å². The fourth-order valence-electron chi connectivity index (χ4n) is 2.16. The van der Waals surface area contributed by atoms with Gasteiger partial charge in [0.05, 0.1) is 10.5 Å². The molecule has 112 valence electrons. The van der Waals surface area contributed by atoms with Crippen LogP contribution in [-0.4, -0.2) is 34.9 Å². The summed E-state index contributed by atoms with van der Waals surface area (Å²) in [6.45, 7) is 1.16. The second kappa shape index (κ2) is 6.21. The van der Waals surface area contributed by atoms with Crippen molar-refractivity contribution < 1.29 is 19.2 Å². The first kappa shape index (κ1) is 14.8. The number of primary amides is 1. The van der Waals surface area contributed by atoms with Crippen LogP contribution < -0.4 is 5.73 Å². The van der Waals surface area contributed by atoms with E-state index in [-0.39, 0.29) is 17.9 Å². The van der Waals surface area contributed by atoms with Gasteiger partial charge in [0.25, 0.3) is 5.69 Å². The Morgan fingerprint density at radius 2 is 2.00 bits per heavy atom. The molecule has 21 heavy (non-hydrogen) atoms. The Morgan fingerprint density at radius 3 is 2.57 bits per heavy atom. The number of nitrogens with two attached hydrogens (primary N) is 1. The van der Waals surface area contributed by atoms with Crippen LogP contribution in [-0.2, 0) is 11.3 Å². The number of carbonyl (C=O) groups is 2. The lowest BCUT2D eigenvalue weighted by atomic mass is 10.1. The number of benzene rings is 1. The van der Waals surface area contributed by atoms with Crippen molar-refractivity contribution in [2.45, 2.75) is 19.4 Å². The number of nitrogens with zero attached hydrogens (tertiary/aromatic N) is 2. The van der Waals surface area contributed by atoms with E-state index in [1.165, 1.54) is 12.1 Å². The molecule has 0 aromatic heterocycles. The van der Waals surface area contributed by atoms with Gasteiger partial charge in [-0.05, 0) is 18.9 Å². The highest BCUT2D eigenvalue weighted by Gasteiger charge is 2.20. The Bertz CT molecular complexity index is 581. The van der Waals surface area contributed by atoms with Crippen molar-refractivity contribution >= 4 is 17.7 Å². The van der Waals surface area contributed by atoms with Gasteiger partial charge in [0.1, 0.15) is 6.61 Å². The molecular weight excluding hydrogens is 278 g/mol. The molecule has 1 aromatic rings. The molecular formula is C13H15N3O5. The van der Waals surface area contributed by atoms with Crippen molar-refractivity contribution in [1.29, 1.82) is 0 Å². The Hall–Kier alpha value is -2.64. The lowest BCUT2D eigenvalue weighted by Crippen LogP contribution is -2.28. The van der Waals surface area contributed by atoms with Crippen LogP contribution in [0.1, 0.15) is 28.8 Å². The number of nitro groups is 1. The number of ether oxygens (including phenoxy) is 1. The largest absolute Gasteiger partial charge is 0.445 e. The number of hydrogen-bond acceptors (Lipinski definition) is 5. The first-order valence-corrected chi connectivity index (χ1v) is 6.48. The van der Waals surface area contributed by atoms with Gasteiger partial charge in [-0.1, -0.05) is 0 Å². The maximum atomic E-state index is 11.8. The lowest BCUT2D eigenvalue weighted by molar-refractivity contribution is -0.384. The number of likely N-dealkylation sites (tertiary alicyclic amines) is 1. The van der Waals surface area contributed by atoms with E-state index in [1.54, 1.807) is 4.90 Å². The van der Waals surface area contributed by atoms with E-state index in [9.17, 15) is 19.7 Å². The molecule has 0 radical (unpaired) electrons. The molecule has 0 bridgehead atoms. The Morgan fingerprint density at radius 1 is 1.33 bits per heavy atom. The first-order chi connectivity index (χ1) is 9.99. The van der Waals surface area contributed by atoms with E-state index in [0.29, 0.717) is 18.7 Å². The summed E-state index contributed by atoms with van der Waals surface area (Å²) in [5.41, 5.74) is 5.29. The number of rotatable bonds is 4. The van der Waals surface area contributed by atoms with Gasteiger partial charge in [-0.2, -0.15) is 0 Å².